The van der Waals surface area contributed by atoms with Gasteiger partial charge >= 0.3 is 0 Å². The Balaban J connectivity index is 1.53. The summed E-state index contributed by atoms with van der Waals surface area (Å²) < 4.78 is 4.85. The van der Waals surface area contributed by atoms with Gasteiger partial charge in [-0.1, -0.05) is 11.2 Å². The maximum atomic E-state index is 4.85. The third-order valence-corrected chi connectivity index (χ3v) is 4.27. The van der Waals surface area contributed by atoms with Gasteiger partial charge in [0.15, 0.2) is 5.96 Å². The average Bonchev–Trinajstić information content (AvgIpc) is 3.14. The molecule has 7 nitrogen and oxygen atoms in total. The van der Waals surface area contributed by atoms with Crippen molar-refractivity contribution in [3.63, 3.8) is 0 Å². The number of anilines is 1. The fraction of sp³-hybridized carbons (Fsp3) is 0.500. The Kier molecular flexibility index (Phi) is 5.87. The van der Waals surface area contributed by atoms with Crippen LogP contribution in [0, 0.1) is 6.92 Å². The molecule has 2 aromatic rings. The van der Waals surface area contributed by atoms with Gasteiger partial charge in [0, 0.05) is 37.4 Å². The van der Waals surface area contributed by atoms with Crippen molar-refractivity contribution in [3.05, 3.63) is 41.9 Å². The summed E-state index contributed by atoms with van der Waals surface area (Å²) in [5, 5.41) is 10.7. The number of piperidine rings is 1. The molecule has 1 fully saturated rings. The van der Waals surface area contributed by atoms with Crippen LogP contribution in [0.4, 0.5) is 5.82 Å². The fourth-order valence-corrected chi connectivity index (χ4v) is 2.95. The molecule has 0 spiro atoms. The maximum Gasteiger partial charge on any atom is 0.191 e. The molecule has 0 unspecified atom stereocenters. The smallest absolute Gasteiger partial charge is 0.191 e. The molecule has 0 aromatic carbocycles. The van der Waals surface area contributed by atoms with Crippen LogP contribution in [0.3, 0.4) is 0 Å². The number of aromatic nitrogens is 2. The van der Waals surface area contributed by atoms with Crippen molar-refractivity contribution < 1.29 is 4.52 Å². The number of rotatable bonds is 5. The van der Waals surface area contributed by atoms with Gasteiger partial charge in [0.1, 0.15) is 17.8 Å². The topological polar surface area (TPSA) is 78.6 Å². The molecule has 7 heteroatoms. The van der Waals surface area contributed by atoms with Crippen LogP contribution >= 0.6 is 0 Å². The Labute approximate surface area is 148 Å². The van der Waals surface area contributed by atoms with E-state index in [1.165, 1.54) is 0 Å². The third-order valence-electron chi connectivity index (χ3n) is 4.27. The predicted octanol–water partition coefficient (Wildman–Crippen LogP) is 2.10. The summed E-state index contributed by atoms with van der Waals surface area (Å²) in [7, 11) is 0. The Morgan fingerprint density at radius 2 is 2.16 bits per heavy atom. The lowest BCUT2D eigenvalue weighted by molar-refractivity contribution is 0.412. The largest absolute Gasteiger partial charge is 0.364 e. The molecule has 3 heterocycles. The number of aryl methyl sites for hydroxylation is 1. The highest BCUT2D eigenvalue weighted by atomic mass is 16.5. The molecular formula is C18H26N6O. The van der Waals surface area contributed by atoms with E-state index in [0.29, 0.717) is 12.6 Å². The summed E-state index contributed by atoms with van der Waals surface area (Å²) in [4.78, 5) is 11.6. The second-order valence-corrected chi connectivity index (χ2v) is 6.23. The van der Waals surface area contributed by atoms with Crippen molar-refractivity contribution in [2.45, 2.75) is 39.3 Å². The van der Waals surface area contributed by atoms with E-state index >= 15 is 0 Å². The number of hydrogen-bond acceptors (Lipinski definition) is 5. The molecular weight excluding hydrogens is 316 g/mol. The van der Waals surface area contributed by atoms with Gasteiger partial charge < -0.3 is 20.1 Å². The van der Waals surface area contributed by atoms with Gasteiger partial charge in [0.05, 0.1) is 6.54 Å². The first-order valence-corrected chi connectivity index (χ1v) is 8.87. The molecule has 2 N–H and O–H groups in total. The van der Waals surface area contributed by atoms with Gasteiger partial charge in [-0.05, 0) is 38.8 Å². The van der Waals surface area contributed by atoms with E-state index in [1.807, 2.05) is 19.1 Å². The monoisotopic (exact) mass is 342 g/mol. The molecule has 0 bridgehead atoms. The SMILES string of the molecule is CCNC(=NCc1ccon1)NC1CCN(c2cccc(C)n2)CC1. The van der Waals surface area contributed by atoms with Gasteiger partial charge in [-0.25, -0.2) is 9.98 Å². The predicted molar refractivity (Wildman–Crippen MR) is 98.7 cm³/mol. The van der Waals surface area contributed by atoms with E-state index < -0.39 is 0 Å². The Hall–Kier alpha value is -2.57. The number of nitrogens with one attached hydrogen (secondary N) is 2. The molecule has 1 aliphatic rings. The van der Waals surface area contributed by atoms with E-state index in [4.69, 9.17) is 4.52 Å². The van der Waals surface area contributed by atoms with Crippen LogP contribution in [0.15, 0.2) is 40.0 Å². The first-order valence-electron chi connectivity index (χ1n) is 8.87. The molecule has 0 amide bonds. The van der Waals surface area contributed by atoms with Crippen LogP contribution in [-0.4, -0.2) is 41.8 Å². The van der Waals surface area contributed by atoms with Gasteiger partial charge in [0.25, 0.3) is 0 Å². The number of hydrogen-bond donors (Lipinski definition) is 2. The minimum atomic E-state index is 0.413. The summed E-state index contributed by atoms with van der Waals surface area (Å²) in [6, 6.07) is 8.44. The highest BCUT2D eigenvalue weighted by Crippen LogP contribution is 2.18. The van der Waals surface area contributed by atoms with Crippen LogP contribution in [0.5, 0.6) is 0 Å². The zero-order valence-corrected chi connectivity index (χ0v) is 14.9. The minimum absolute atomic E-state index is 0.413. The Bertz CT molecular complexity index is 677. The lowest BCUT2D eigenvalue weighted by Crippen LogP contribution is -2.48. The molecule has 2 aromatic heterocycles. The summed E-state index contributed by atoms with van der Waals surface area (Å²) in [5.41, 5.74) is 1.89. The Morgan fingerprint density at radius 3 is 2.84 bits per heavy atom. The molecule has 134 valence electrons. The highest BCUT2D eigenvalue weighted by Gasteiger charge is 2.20. The lowest BCUT2D eigenvalue weighted by atomic mass is 10.1. The summed E-state index contributed by atoms with van der Waals surface area (Å²) in [6.07, 6.45) is 3.69. The zero-order chi connectivity index (χ0) is 17.5. The summed E-state index contributed by atoms with van der Waals surface area (Å²) >= 11 is 0. The van der Waals surface area contributed by atoms with Gasteiger partial charge in [-0.15, -0.1) is 0 Å². The van der Waals surface area contributed by atoms with Crippen LogP contribution in [0.25, 0.3) is 0 Å². The van der Waals surface area contributed by atoms with Crippen molar-refractivity contribution in [1.29, 1.82) is 0 Å². The molecule has 1 saturated heterocycles. The molecule has 0 radical (unpaired) electrons. The van der Waals surface area contributed by atoms with Crippen molar-refractivity contribution in [2.75, 3.05) is 24.5 Å². The second-order valence-electron chi connectivity index (χ2n) is 6.23. The molecule has 0 atom stereocenters. The molecule has 3 rings (SSSR count). The van der Waals surface area contributed by atoms with Gasteiger partial charge in [-0.3, -0.25) is 0 Å². The molecule has 1 aliphatic heterocycles. The van der Waals surface area contributed by atoms with Gasteiger partial charge in [0.2, 0.25) is 0 Å². The normalized spacial score (nSPS) is 16.1. The van der Waals surface area contributed by atoms with Crippen molar-refractivity contribution in [1.82, 2.24) is 20.8 Å². The Morgan fingerprint density at radius 1 is 1.32 bits per heavy atom. The fourth-order valence-electron chi connectivity index (χ4n) is 2.95. The van der Waals surface area contributed by atoms with Crippen molar-refractivity contribution in [3.8, 4) is 0 Å². The molecule has 25 heavy (non-hydrogen) atoms. The second kappa shape index (κ2) is 8.50. The van der Waals surface area contributed by atoms with E-state index in [9.17, 15) is 0 Å². The number of pyridine rings is 1. The standard InChI is InChI=1S/C18H26N6O/c1-3-19-18(20-13-16-9-12-25-23-16)22-15-7-10-24(11-8-15)17-6-4-5-14(2)21-17/h4-6,9,12,15H,3,7-8,10-11,13H2,1-2H3,(H2,19,20,22). The third kappa shape index (κ3) is 4.95. The van der Waals surface area contributed by atoms with Crippen LogP contribution in [-0.2, 0) is 6.54 Å². The number of guanidine groups is 1. The zero-order valence-electron chi connectivity index (χ0n) is 14.9. The quantitative estimate of drug-likeness (QED) is 0.640. The number of nitrogens with zero attached hydrogens (tertiary/aromatic N) is 4. The van der Waals surface area contributed by atoms with Crippen molar-refractivity contribution in [2.24, 2.45) is 4.99 Å². The molecule has 0 saturated carbocycles. The lowest BCUT2D eigenvalue weighted by Gasteiger charge is -2.34. The van der Waals surface area contributed by atoms with Gasteiger partial charge in [-0.2, -0.15) is 0 Å². The minimum Gasteiger partial charge on any atom is -0.364 e. The van der Waals surface area contributed by atoms with E-state index in [-0.39, 0.29) is 0 Å². The van der Waals surface area contributed by atoms with Crippen LogP contribution in [0.1, 0.15) is 31.2 Å². The maximum absolute atomic E-state index is 4.85. The highest BCUT2D eigenvalue weighted by molar-refractivity contribution is 5.80. The van der Waals surface area contributed by atoms with Crippen molar-refractivity contribution >= 4 is 11.8 Å². The van der Waals surface area contributed by atoms with E-state index in [2.05, 4.69) is 49.7 Å². The van der Waals surface area contributed by atoms with Crippen LogP contribution < -0.4 is 15.5 Å². The number of aliphatic imine (C=N–C) groups is 1. The summed E-state index contributed by atoms with van der Waals surface area (Å²) in [5.74, 6) is 1.91. The summed E-state index contributed by atoms with van der Waals surface area (Å²) in [6.45, 7) is 7.44. The average molecular weight is 342 g/mol. The molecule has 0 aliphatic carbocycles. The first kappa shape index (κ1) is 17.3. The van der Waals surface area contributed by atoms with E-state index in [0.717, 1.165) is 55.6 Å². The first-order chi connectivity index (χ1) is 12.2. The van der Waals surface area contributed by atoms with Crippen LogP contribution in [0.2, 0.25) is 0 Å². The van der Waals surface area contributed by atoms with E-state index in [1.54, 1.807) is 6.26 Å².